The van der Waals surface area contributed by atoms with Crippen LogP contribution < -0.4 is 5.32 Å². The molecule has 1 amide bonds. The normalized spacial score (nSPS) is 10.8. The summed E-state index contributed by atoms with van der Waals surface area (Å²) in [6.07, 6.45) is 3.34. The van der Waals surface area contributed by atoms with Gasteiger partial charge in [0.15, 0.2) is 10.9 Å². The lowest BCUT2D eigenvalue weighted by atomic mass is 10.1. The van der Waals surface area contributed by atoms with E-state index in [4.69, 9.17) is 4.42 Å². The minimum atomic E-state index is -0.114. The number of aryl methyl sites for hydroxylation is 2. The molecule has 3 rings (SSSR count). The van der Waals surface area contributed by atoms with Gasteiger partial charge in [0.25, 0.3) is 0 Å². The van der Waals surface area contributed by atoms with E-state index in [1.54, 1.807) is 18.4 Å². The number of benzene rings is 1. The van der Waals surface area contributed by atoms with Gasteiger partial charge in [-0.3, -0.25) is 9.36 Å². The molecule has 0 fully saturated rings. The Kier molecular flexibility index (Phi) is 6.18. The summed E-state index contributed by atoms with van der Waals surface area (Å²) in [6, 6.07) is 7.57. The van der Waals surface area contributed by atoms with E-state index in [9.17, 15) is 4.79 Å². The first-order chi connectivity index (χ1) is 13.0. The SMILES string of the molecule is C=CCn1c(SCC(=O)Nc2cc(C)c(C)cc2Br)nnc1-c1ccco1. The van der Waals surface area contributed by atoms with Gasteiger partial charge in [-0.2, -0.15) is 0 Å². The van der Waals surface area contributed by atoms with Crippen molar-refractivity contribution in [2.75, 3.05) is 11.1 Å². The molecule has 2 heterocycles. The number of amides is 1. The zero-order chi connectivity index (χ0) is 19.4. The van der Waals surface area contributed by atoms with Gasteiger partial charge in [0.1, 0.15) is 0 Å². The highest BCUT2D eigenvalue weighted by Crippen LogP contribution is 2.27. The third-order valence-corrected chi connectivity index (χ3v) is 5.58. The van der Waals surface area contributed by atoms with E-state index in [0.717, 1.165) is 21.3 Å². The van der Waals surface area contributed by atoms with Crippen LogP contribution in [0.1, 0.15) is 11.1 Å². The number of carbonyl (C=O) groups is 1. The lowest BCUT2D eigenvalue weighted by molar-refractivity contribution is -0.113. The Morgan fingerprint density at radius 1 is 1.37 bits per heavy atom. The van der Waals surface area contributed by atoms with Gasteiger partial charge in [0.2, 0.25) is 11.7 Å². The maximum Gasteiger partial charge on any atom is 0.234 e. The molecule has 0 bridgehead atoms. The third-order valence-electron chi connectivity index (χ3n) is 3.96. The molecule has 1 N–H and O–H groups in total. The van der Waals surface area contributed by atoms with Crippen molar-refractivity contribution in [3.05, 3.63) is 58.8 Å². The Morgan fingerprint density at radius 2 is 2.15 bits per heavy atom. The van der Waals surface area contributed by atoms with E-state index in [1.807, 2.05) is 36.6 Å². The summed E-state index contributed by atoms with van der Waals surface area (Å²) in [5.74, 6) is 1.34. The van der Waals surface area contributed by atoms with Crippen LogP contribution in [0.25, 0.3) is 11.6 Å². The number of hydrogen-bond acceptors (Lipinski definition) is 5. The quantitative estimate of drug-likeness (QED) is 0.415. The van der Waals surface area contributed by atoms with Gasteiger partial charge < -0.3 is 9.73 Å². The Balaban J connectivity index is 1.70. The number of furan rings is 1. The molecular weight excluding hydrogens is 428 g/mol. The standard InChI is InChI=1S/C19H19BrN4O2S/c1-4-7-24-18(16-6-5-8-26-16)22-23-19(24)27-11-17(25)21-15-10-13(3)12(2)9-14(15)20/h4-6,8-10H,1,7,11H2,2-3H3,(H,21,25). The second-order valence-electron chi connectivity index (χ2n) is 5.94. The molecule has 1 aromatic carbocycles. The van der Waals surface area contributed by atoms with Crippen LogP contribution in [-0.4, -0.2) is 26.4 Å². The van der Waals surface area contributed by atoms with Gasteiger partial charge in [-0.1, -0.05) is 17.8 Å². The van der Waals surface area contributed by atoms with Crippen molar-refractivity contribution in [3.8, 4) is 11.6 Å². The van der Waals surface area contributed by atoms with Crippen molar-refractivity contribution < 1.29 is 9.21 Å². The molecule has 0 radical (unpaired) electrons. The largest absolute Gasteiger partial charge is 0.461 e. The number of carbonyl (C=O) groups excluding carboxylic acids is 1. The number of halogens is 1. The molecule has 3 aromatic rings. The monoisotopic (exact) mass is 446 g/mol. The number of thioether (sulfide) groups is 1. The smallest absolute Gasteiger partial charge is 0.234 e. The van der Waals surface area contributed by atoms with Gasteiger partial charge in [-0.15, -0.1) is 16.8 Å². The number of anilines is 1. The number of aromatic nitrogens is 3. The summed E-state index contributed by atoms with van der Waals surface area (Å²) >= 11 is 4.81. The summed E-state index contributed by atoms with van der Waals surface area (Å²) in [4.78, 5) is 12.4. The number of rotatable bonds is 7. The van der Waals surface area contributed by atoms with Crippen LogP contribution in [0.5, 0.6) is 0 Å². The van der Waals surface area contributed by atoms with Crippen LogP contribution in [0, 0.1) is 13.8 Å². The summed E-state index contributed by atoms with van der Waals surface area (Å²) in [5, 5.41) is 11.9. The third kappa shape index (κ3) is 4.51. The van der Waals surface area contributed by atoms with E-state index in [1.165, 1.54) is 11.8 Å². The highest BCUT2D eigenvalue weighted by Gasteiger charge is 2.17. The summed E-state index contributed by atoms with van der Waals surface area (Å²) in [5.41, 5.74) is 3.04. The van der Waals surface area contributed by atoms with Crippen LogP contribution in [0.3, 0.4) is 0 Å². The second-order valence-corrected chi connectivity index (χ2v) is 7.73. The highest BCUT2D eigenvalue weighted by molar-refractivity contribution is 9.10. The van der Waals surface area contributed by atoms with Crippen molar-refractivity contribution >= 4 is 39.3 Å². The molecule has 2 aromatic heterocycles. The number of allylic oxidation sites excluding steroid dienone is 1. The zero-order valence-electron chi connectivity index (χ0n) is 15.0. The van der Waals surface area contributed by atoms with Crippen LogP contribution in [-0.2, 0) is 11.3 Å². The summed E-state index contributed by atoms with van der Waals surface area (Å²) in [6.45, 7) is 8.34. The molecule has 6 nitrogen and oxygen atoms in total. The molecule has 0 aliphatic heterocycles. The van der Waals surface area contributed by atoms with Crippen LogP contribution >= 0.6 is 27.7 Å². The van der Waals surface area contributed by atoms with Crippen molar-refractivity contribution in [2.45, 2.75) is 25.5 Å². The highest BCUT2D eigenvalue weighted by atomic mass is 79.9. The minimum Gasteiger partial charge on any atom is -0.461 e. The first-order valence-corrected chi connectivity index (χ1v) is 10.0. The molecule has 0 unspecified atom stereocenters. The summed E-state index contributed by atoms with van der Waals surface area (Å²) < 4.78 is 8.14. The van der Waals surface area contributed by atoms with Gasteiger partial charge >= 0.3 is 0 Å². The molecule has 0 saturated heterocycles. The molecule has 0 atom stereocenters. The molecule has 8 heteroatoms. The number of nitrogens with one attached hydrogen (secondary N) is 1. The van der Waals surface area contributed by atoms with Crippen LogP contribution in [0.15, 0.2) is 57.2 Å². The molecule has 0 aliphatic rings. The van der Waals surface area contributed by atoms with Crippen LogP contribution in [0.2, 0.25) is 0 Å². The molecule has 27 heavy (non-hydrogen) atoms. The number of hydrogen-bond donors (Lipinski definition) is 1. The molecule has 0 spiro atoms. The van der Waals surface area contributed by atoms with E-state index >= 15 is 0 Å². The maximum atomic E-state index is 12.4. The number of nitrogens with zero attached hydrogens (tertiary/aromatic N) is 3. The Bertz CT molecular complexity index is 967. The molecule has 0 aliphatic carbocycles. The fraction of sp³-hybridized carbons (Fsp3) is 0.211. The minimum absolute atomic E-state index is 0.114. The van der Waals surface area contributed by atoms with Crippen molar-refractivity contribution in [1.82, 2.24) is 14.8 Å². The molecular formula is C19H19BrN4O2S. The summed E-state index contributed by atoms with van der Waals surface area (Å²) in [7, 11) is 0. The van der Waals surface area contributed by atoms with Gasteiger partial charge in [-0.05, 0) is 65.2 Å². The maximum absolute atomic E-state index is 12.4. The van der Waals surface area contributed by atoms with Crippen molar-refractivity contribution in [1.29, 1.82) is 0 Å². The van der Waals surface area contributed by atoms with E-state index in [0.29, 0.717) is 23.3 Å². The van der Waals surface area contributed by atoms with Gasteiger partial charge in [-0.25, -0.2) is 0 Å². The average Bonchev–Trinajstić information content (AvgIpc) is 3.28. The van der Waals surface area contributed by atoms with Crippen molar-refractivity contribution in [3.63, 3.8) is 0 Å². The lowest BCUT2D eigenvalue weighted by Crippen LogP contribution is -2.15. The van der Waals surface area contributed by atoms with E-state index in [2.05, 4.69) is 38.0 Å². The van der Waals surface area contributed by atoms with Gasteiger partial charge in [0.05, 0.1) is 17.7 Å². The Labute approximate surface area is 170 Å². The molecule has 140 valence electrons. The van der Waals surface area contributed by atoms with E-state index < -0.39 is 0 Å². The first-order valence-electron chi connectivity index (χ1n) is 8.27. The Hall–Kier alpha value is -2.32. The zero-order valence-corrected chi connectivity index (χ0v) is 17.4. The Morgan fingerprint density at radius 3 is 2.85 bits per heavy atom. The van der Waals surface area contributed by atoms with Gasteiger partial charge in [0, 0.05) is 11.0 Å². The average molecular weight is 447 g/mol. The fourth-order valence-electron chi connectivity index (χ4n) is 2.47. The lowest BCUT2D eigenvalue weighted by Gasteiger charge is -2.10. The topological polar surface area (TPSA) is 73.0 Å². The second kappa shape index (κ2) is 8.58. The van der Waals surface area contributed by atoms with Crippen LogP contribution in [0.4, 0.5) is 5.69 Å². The first kappa shape index (κ1) is 19.4. The van der Waals surface area contributed by atoms with E-state index in [-0.39, 0.29) is 11.7 Å². The predicted molar refractivity (Wildman–Crippen MR) is 111 cm³/mol. The van der Waals surface area contributed by atoms with Crippen molar-refractivity contribution in [2.24, 2.45) is 0 Å². The fourth-order valence-corrected chi connectivity index (χ4v) is 3.78. The predicted octanol–water partition coefficient (Wildman–Crippen LogP) is 4.83. The molecule has 0 saturated carbocycles.